The van der Waals surface area contributed by atoms with Crippen LogP contribution >= 0.6 is 0 Å². The molecule has 4 rings (SSSR count). The van der Waals surface area contributed by atoms with Crippen LogP contribution in [0.4, 0.5) is 0 Å². The molecule has 0 amide bonds. The monoisotopic (exact) mass is 494 g/mol. The zero-order valence-electron chi connectivity index (χ0n) is 12.7. The maximum absolute atomic E-state index is 3.54. The van der Waals surface area contributed by atoms with Crippen molar-refractivity contribution >= 4 is 33.9 Å². The van der Waals surface area contributed by atoms with Gasteiger partial charge in [0.15, 0.2) is 0 Å². The van der Waals surface area contributed by atoms with E-state index in [1.165, 1.54) is 12.8 Å². The summed E-state index contributed by atoms with van der Waals surface area (Å²) in [4.78, 5) is 7.08. The van der Waals surface area contributed by atoms with Gasteiger partial charge in [0.2, 0.25) is 0 Å². The Bertz CT molecular complexity index is 775. The molecule has 0 aliphatic heterocycles. The first-order chi connectivity index (χ1) is 11.4. The molecule has 0 aliphatic rings. The van der Waals surface area contributed by atoms with Crippen molar-refractivity contribution in [1.29, 1.82) is 0 Å². The van der Waals surface area contributed by atoms with E-state index >= 15 is 0 Å². The summed E-state index contributed by atoms with van der Waals surface area (Å²) in [5.41, 5.74) is 0. The number of hydrogen-bond donors (Lipinski definition) is 2. The number of rotatable bonds is 4. The van der Waals surface area contributed by atoms with Gasteiger partial charge in [-0.2, -0.15) is 0 Å². The van der Waals surface area contributed by atoms with Gasteiger partial charge in [-0.05, 0) is 0 Å². The van der Waals surface area contributed by atoms with E-state index in [1.807, 2.05) is 12.4 Å². The number of aromatic amines is 2. The molecule has 23 heavy (non-hydrogen) atoms. The van der Waals surface area contributed by atoms with Gasteiger partial charge < -0.3 is 0 Å². The van der Waals surface area contributed by atoms with Crippen molar-refractivity contribution in [2.45, 2.75) is 0 Å². The Kier molecular flexibility index (Phi) is 3.91. The Labute approximate surface area is 140 Å². The second-order valence-corrected chi connectivity index (χ2v) is 20.2. The molecule has 2 aromatic carbocycles. The third-order valence-corrected chi connectivity index (χ3v) is 22.4. The number of hydrogen-bond acceptors (Lipinski definition) is 0. The molecule has 3 heteroatoms. The number of aromatic nitrogens is 2. The van der Waals surface area contributed by atoms with Gasteiger partial charge in [0.25, 0.3) is 0 Å². The summed E-state index contributed by atoms with van der Waals surface area (Å²) in [5.74, 6) is 0. The van der Waals surface area contributed by atoms with Gasteiger partial charge in [-0.1, -0.05) is 0 Å². The van der Waals surface area contributed by atoms with Crippen molar-refractivity contribution < 1.29 is 0 Å². The quantitative estimate of drug-likeness (QED) is 0.406. The SMILES string of the molecule is c1cc[c]([Pb]([c]2ccccc2)([c]2ccc[nH]2)[c]2ccc[nH]2)cc1. The van der Waals surface area contributed by atoms with Gasteiger partial charge in [-0.15, -0.1) is 0 Å². The van der Waals surface area contributed by atoms with E-state index in [0.717, 1.165) is 0 Å². The summed E-state index contributed by atoms with van der Waals surface area (Å²) in [6.07, 6.45) is 4.08. The predicted molar refractivity (Wildman–Crippen MR) is 98.8 cm³/mol. The summed E-state index contributed by atoms with van der Waals surface area (Å²) < 4.78 is 5.65. The third kappa shape index (κ3) is 2.37. The molecule has 2 heterocycles. The first-order valence-corrected chi connectivity index (χ1v) is 15.6. The van der Waals surface area contributed by atoms with Gasteiger partial charge in [-0.3, -0.25) is 0 Å². The molecule has 0 spiro atoms. The summed E-state index contributed by atoms with van der Waals surface area (Å²) in [6.45, 7) is 0. The van der Waals surface area contributed by atoms with E-state index < -0.39 is 21.2 Å². The van der Waals surface area contributed by atoms with E-state index in [9.17, 15) is 0 Å². The minimum atomic E-state index is -3.46. The topological polar surface area (TPSA) is 31.6 Å². The Morgan fingerprint density at radius 3 is 1.26 bits per heavy atom. The minimum absolute atomic E-state index is 1.37. The fraction of sp³-hybridized carbons (Fsp3) is 0. The predicted octanol–water partition coefficient (Wildman–Crippen LogP) is 1.72. The van der Waals surface area contributed by atoms with Crippen molar-refractivity contribution in [3.05, 3.63) is 97.3 Å². The Morgan fingerprint density at radius 2 is 0.913 bits per heavy atom. The number of benzene rings is 2. The molecule has 2 N–H and O–H groups in total. The van der Waals surface area contributed by atoms with Crippen LogP contribution in [0.3, 0.4) is 0 Å². The molecule has 4 aromatic rings. The Hall–Kier alpha value is -2.08. The van der Waals surface area contributed by atoms with Crippen LogP contribution in [-0.4, -0.2) is 31.1 Å². The van der Waals surface area contributed by atoms with Crippen LogP contribution in [0.2, 0.25) is 0 Å². The van der Waals surface area contributed by atoms with Crippen LogP contribution in [0, 0.1) is 0 Å². The average molecular weight is 494 g/mol. The second kappa shape index (κ2) is 6.20. The second-order valence-electron chi connectivity index (χ2n) is 5.65. The standard InChI is InChI=1S/2C6H5.2C4H4N.Pb/c2*1-2-4-6-5-3-1;2*1-2-4-5-3-1;/h2*1-5H;2*1-3,5H;. The number of nitrogens with one attached hydrogen (secondary N) is 2. The van der Waals surface area contributed by atoms with Crippen molar-refractivity contribution in [3.8, 4) is 0 Å². The van der Waals surface area contributed by atoms with Gasteiger partial charge in [0, 0.05) is 0 Å². The zero-order valence-corrected chi connectivity index (χ0v) is 16.6. The fourth-order valence-corrected chi connectivity index (χ4v) is 21.1. The number of H-pyrrole nitrogens is 2. The molecular formula is C20H18N2Pb. The van der Waals surface area contributed by atoms with Gasteiger partial charge in [0.1, 0.15) is 0 Å². The normalized spacial score (nSPS) is 11.5. The van der Waals surface area contributed by atoms with E-state index in [4.69, 9.17) is 0 Å². The Balaban J connectivity index is 2.11. The van der Waals surface area contributed by atoms with E-state index in [0.29, 0.717) is 0 Å². The average Bonchev–Trinajstić information content (AvgIpc) is 3.32. The van der Waals surface area contributed by atoms with Crippen LogP contribution < -0.4 is 12.8 Å². The molecule has 0 bridgehead atoms. The van der Waals surface area contributed by atoms with E-state index in [-0.39, 0.29) is 0 Å². The van der Waals surface area contributed by atoms with Gasteiger partial charge in [-0.25, -0.2) is 0 Å². The summed E-state index contributed by atoms with van der Waals surface area (Å²) in [5, 5.41) is 0. The fourth-order valence-electron chi connectivity index (χ4n) is 3.44. The zero-order chi connectivity index (χ0) is 15.5. The van der Waals surface area contributed by atoms with Crippen molar-refractivity contribution in [1.82, 2.24) is 9.97 Å². The van der Waals surface area contributed by atoms with Gasteiger partial charge >= 0.3 is 141 Å². The van der Waals surface area contributed by atoms with Crippen molar-refractivity contribution in [2.24, 2.45) is 0 Å². The first-order valence-electron chi connectivity index (χ1n) is 7.81. The van der Waals surface area contributed by atoms with E-state index in [2.05, 4.69) is 94.9 Å². The molecule has 0 aliphatic carbocycles. The molecular weight excluding hydrogens is 475 g/mol. The molecule has 0 unspecified atom stereocenters. The van der Waals surface area contributed by atoms with Gasteiger partial charge in [0.05, 0.1) is 0 Å². The van der Waals surface area contributed by atoms with Crippen LogP contribution in [0.15, 0.2) is 97.3 Å². The first kappa shape index (κ1) is 14.5. The summed E-state index contributed by atoms with van der Waals surface area (Å²) in [7, 11) is 0. The molecule has 2 aromatic heterocycles. The summed E-state index contributed by atoms with van der Waals surface area (Å²) >= 11 is -3.46. The van der Waals surface area contributed by atoms with Crippen molar-refractivity contribution in [3.63, 3.8) is 0 Å². The molecule has 0 saturated heterocycles. The molecule has 2 nitrogen and oxygen atoms in total. The van der Waals surface area contributed by atoms with Crippen LogP contribution in [0.25, 0.3) is 0 Å². The molecule has 0 fully saturated rings. The molecule has 0 radical (unpaired) electrons. The third-order valence-electron chi connectivity index (χ3n) is 4.42. The Morgan fingerprint density at radius 1 is 0.478 bits per heavy atom. The molecule has 0 saturated carbocycles. The van der Waals surface area contributed by atoms with Crippen LogP contribution in [-0.2, 0) is 0 Å². The van der Waals surface area contributed by atoms with Crippen LogP contribution in [0.1, 0.15) is 0 Å². The maximum atomic E-state index is 3.54. The van der Waals surface area contributed by atoms with Crippen LogP contribution in [0.5, 0.6) is 0 Å². The van der Waals surface area contributed by atoms with Crippen molar-refractivity contribution in [2.75, 3.05) is 0 Å². The summed E-state index contributed by atoms with van der Waals surface area (Å²) in [6, 6.07) is 30.7. The van der Waals surface area contributed by atoms with E-state index in [1.54, 1.807) is 0 Å². The molecule has 0 atom stereocenters. The molecule has 112 valence electrons.